The van der Waals surface area contributed by atoms with Gasteiger partial charge in [0.2, 0.25) is 5.95 Å². The number of para-hydroxylation sites is 1. The fraction of sp³-hybridized carbons (Fsp3) is 0.105. The molecule has 0 radical (unpaired) electrons. The van der Waals surface area contributed by atoms with E-state index in [-0.39, 0.29) is 0 Å². The van der Waals surface area contributed by atoms with Crippen LogP contribution in [0.1, 0.15) is 5.56 Å². The predicted molar refractivity (Wildman–Crippen MR) is 101 cm³/mol. The predicted octanol–water partition coefficient (Wildman–Crippen LogP) is 3.91. The van der Waals surface area contributed by atoms with Crippen LogP contribution in [0, 0.1) is 6.92 Å². The Labute approximate surface area is 145 Å². The van der Waals surface area contributed by atoms with Crippen molar-refractivity contribution in [1.29, 1.82) is 0 Å². The molecule has 6 heteroatoms. The number of anilines is 3. The lowest BCUT2D eigenvalue weighted by Crippen LogP contribution is -2.04. The van der Waals surface area contributed by atoms with Gasteiger partial charge in [-0.15, -0.1) is 0 Å². The Bertz CT molecular complexity index is 1010. The molecule has 25 heavy (non-hydrogen) atoms. The molecule has 0 fully saturated rings. The molecule has 0 spiro atoms. The van der Waals surface area contributed by atoms with E-state index in [9.17, 15) is 0 Å². The molecule has 0 aliphatic heterocycles. The summed E-state index contributed by atoms with van der Waals surface area (Å²) in [5, 5.41) is 11.8. The first-order chi connectivity index (χ1) is 12.2. The van der Waals surface area contributed by atoms with Crippen molar-refractivity contribution in [1.82, 2.24) is 19.7 Å². The van der Waals surface area contributed by atoms with Crippen LogP contribution in [0.5, 0.6) is 0 Å². The molecule has 6 nitrogen and oxygen atoms in total. The molecule has 0 unspecified atom stereocenters. The van der Waals surface area contributed by atoms with E-state index in [1.165, 1.54) is 5.56 Å². The minimum atomic E-state index is 0.541. The highest BCUT2D eigenvalue weighted by Gasteiger charge is 2.13. The van der Waals surface area contributed by atoms with Crippen LogP contribution in [0.25, 0.3) is 16.7 Å². The number of nitrogens with one attached hydrogen (secondary N) is 2. The van der Waals surface area contributed by atoms with Crippen molar-refractivity contribution in [2.45, 2.75) is 6.92 Å². The smallest absolute Gasteiger partial charge is 0.226 e. The zero-order chi connectivity index (χ0) is 17.2. The summed E-state index contributed by atoms with van der Waals surface area (Å²) in [5.41, 5.74) is 3.89. The van der Waals surface area contributed by atoms with E-state index in [1.807, 2.05) is 47.1 Å². The Morgan fingerprint density at radius 3 is 2.40 bits per heavy atom. The first-order valence-corrected chi connectivity index (χ1v) is 8.07. The van der Waals surface area contributed by atoms with Gasteiger partial charge in [-0.25, -0.2) is 4.68 Å². The Kier molecular flexibility index (Phi) is 3.78. The molecule has 0 aliphatic rings. The molecule has 2 heterocycles. The van der Waals surface area contributed by atoms with Crippen LogP contribution in [0.2, 0.25) is 0 Å². The van der Waals surface area contributed by atoms with Gasteiger partial charge in [0, 0.05) is 12.7 Å². The number of hydrogen-bond donors (Lipinski definition) is 2. The molecule has 0 atom stereocenters. The van der Waals surface area contributed by atoms with Gasteiger partial charge in [-0.05, 0) is 31.2 Å². The minimum Gasteiger partial charge on any atom is -0.357 e. The lowest BCUT2D eigenvalue weighted by Gasteiger charge is -2.10. The van der Waals surface area contributed by atoms with Crippen molar-refractivity contribution in [2.75, 3.05) is 17.7 Å². The van der Waals surface area contributed by atoms with Crippen LogP contribution in [-0.2, 0) is 0 Å². The summed E-state index contributed by atoms with van der Waals surface area (Å²) in [4.78, 5) is 9.14. The number of benzene rings is 2. The molecular formula is C19H18N6. The molecule has 0 saturated carbocycles. The molecule has 0 bridgehead atoms. The highest BCUT2D eigenvalue weighted by atomic mass is 15.3. The fourth-order valence-corrected chi connectivity index (χ4v) is 2.65. The van der Waals surface area contributed by atoms with E-state index >= 15 is 0 Å². The van der Waals surface area contributed by atoms with Gasteiger partial charge >= 0.3 is 0 Å². The molecule has 0 amide bonds. The van der Waals surface area contributed by atoms with Gasteiger partial charge in [0.05, 0.1) is 17.3 Å². The average Bonchev–Trinajstić information content (AvgIpc) is 3.08. The molecule has 2 aromatic heterocycles. The monoisotopic (exact) mass is 330 g/mol. The summed E-state index contributed by atoms with van der Waals surface area (Å²) in [7, 11) is 1.81. The number of aromatic nitrogens is 4. The minimum absolute atomic E-state index is 0.541. The second-order valence-electron chi connectivity index (χ2n) is 5.77. The molecule has 2 N–H and O–H groups in total. The fourth-order valence-electron chi connectivity index (χ4n) is 2.65. The summed E-state index contributed by atoms with van der Waals surface area (Å²) in [6, 6.07) is 18.1. The molecule has 124 valence electrons. The third-order valence-electron chi connectivity index (χ3n) is 3.97. The maximum absolute atomic E-state index is 4.58. The third-order valence-corrected chi connectivity index (χ3v) is 3.97. The summed E-state index contributed by atoms with van der Waals surface area (Å²) in [5.74, 6) is 1.26. The summed E-state index contributed by atoms with van der Waals surface area (Å²) in [6.07, 6.45) is 1.79. The van der Waals surface area contributed by atoms with Gasteiger partial charge in [-0.2, -0.15) is 15.1 Å². The van der Waals surface area contributed by atoms with Crippen molar-refractivity contribution in [3.63, 3.8) is 0 Å². The van der Waals surface area contributed by atoms with E-state index in [0.29, 0.717) is 5.95 Å². The second-order valence-corrected chi connectivity index (χ2v) is 5.77. The van der Waals surface area contributed by atoms with E-state index < -0.39 is 0 Å². The molecule has 0 saturated heterocycles. The van der Waals surface area contributed by atoms with E-state index in [0.717, 1.165) is 28.2 Å². The van der Waals surface area contributed by atoms with Crippen molar-refractivity contribution < 1.29 is 0 Å². The first-order valence-electron chi connectivity index (χ1n) is 8.07. The van der Waals surface area contributed by atoms with Crippen LogP contribution in [0.3, 0.4) is 0 Å². The molecule has 4 aromatic rings. The summed E-state index contributed by atoms with van der Waals surface area (Å²) >= 11 is 0. The van der Waals surface area contributed by atoms with Gasteiger partial charge in [0.1, 0.15) is 5.82 Å². The number of rotatable bonds is 4. The average molecular weight is 330 g/mol. The lowest BCUT2D eigenvalue weighted by atomic mass is 10.2. The quantitative estimate of drug-likeness (QED) is 0.594. The maximum Gasteiger partial charge on any atom is 0.226 e. The van der Waals surface area contributed by atoms with E-state index in [2.05, 4.69) is 44.8 Å². The lowest BCUT2D eigenvalue weighted by molar-refractivity contribution is 0.896. The van der Waals surface area contributed by atoms with Crippen molar-refractivity contribution in [3.8, 4) is 5.69 Å². The molecule has 0 aliphatic carbocycles. The van der Waals surface area contributed by atoms with E-state index in [1.54, 1.807) is 13.2 Å². The number of fused-ring (bicyclic) bond motifs is 1. The van der Waals surface area contributed by atoms with E-state index in [4.69, 9.17) is 0 Å². The zero-order valence-electron chi connectivity index (χ0n) is 14.1. The normalized spacial score (nSPS) is 10.8. The summed E-state index contributed by atoms with van der Waals surface area (Å²) < 4.78 is 1.82. The van der Waals surface area contributed by atoms with Gasteiger partial charge < -0.3 is 10.6 Å². The van der Waals surface area contributed by atoms with Crippen molar-refractivity contribution in [3.05, 3.63) is 66.4 Å². The van der Waals surface area contributed by atoms with Gasteiger partial charge in [0.15, 0.2) is 5.65 Å². The molecular weight excluding hydrogens is 312 g/mol. The van der Waals surface area contributed by atoms with Gasteiger partial charge in [-0.1, -0.05) is 35.9 Å². The van der Waals surface area contributed by atoms with Gasteiger partial charge in [-0.3, -0.25) is 0 Å². The number of hydrogen-bond acceptors (Lipinski definition) is 5. The van der Waals surface area contributed by atoms with Crippen LogP contribution in [0.4, 0.5) is 17.5 Å². The maximum atomic E-state index is 4.58. The molecule has 2 aromatic carbocycles. The number of aryl methyl sites for hydroxylation is 1. The highest BCUT2D eigenvalue weighted by molar-refractivity contribution is 5.90. The van der Waals surface area contributed by atoms with Crippen LogP contribution in [-0.4, -0.2) is 26.8 Å². The van der Waals surface area contributed by atoms with Gasteiger partial charge in [0.25, 0.3) is 0 Å². The Morgan fingerprint density at radius 1 is 0.920 bits per heavy atom. The standard InChI is InChI=1S/C19H18N6/c1-13-8-10-14(11-9-13)22-17-16-12-21-25(15-6-4-3-5-7-15)18(16)24-19(20-2)23-17/h3-12H,1-2H3,(H2,20,22,23,24). The zero-order valence-corrected chi connectivity index (χ0v) is 14.1. The van der Waals surface area contributed by atoms with Crippen LogP contribution < -0.4 is 10.6 Å². The Hall–Kier alpha value is -3.41. The largest absolute Gasteiger partial charge is 0.357 e. The summed E-state index contributed by atoms with van der Waals surface area (Å²) in [6.45, 7) is 2.07. The Balaban J connectivity index is 1.84. The highest BCUT2D eigenvalue weighted by Crippen LogP contribution is 2.26. The molecule has 4 rings (SSSR count). The van der Waals surface area contributed by atoms with Crippen molar-refractivity contribution >= 4 is 28.5 Å². The Morgan fingerprint density at radius 2 is 1.68 bits per heavy atom. The first kappa shape index (κ1) is 15.1. The van der Waals surface area contributed by atoms with Crippen LogP contribution in [0.15, 0.2) is 60.8 Å². The van der Waals surface area contributed by atoms with Crippen LogP contribution >= 0.6 is 0 Å². The van der Waals surface area contributed by atoms with Crippen molar-refractivity contribution in [2.24, 2.45) is 0 Å². The third kappa shape index (κ3) is 2.89. The number of nitrogens with zero attached hydrogens (tertiary/aromatic N) is 4. The second kappa shape index (κ2) is 6.24. The SMILES string of the molecule is CNc1nc(Nc2ccc(C)cc2)c2cnn(-c3ccccc3)c2n1. The topological polar surface area (TPSA) is 67.7 Å².